The van der Waals surface area contributed by atoms with Crippen LogP contribution >= 0.6 is 0 Å². The molecule has 0 saturated heterocycles. The summed E-state index contributed by atoms with van der Waals surface area (Å²) in [5.41, 5.74) is 0.156. The van der Waals surface area contributed by atoms with Crippen LogP contribution in [0.4, 0.5) is 13.2 Å². The van der Waals surface area contributed by atoms with Crippen molar-refractivity contribution in [1.29, 1.82) is 0 Å². The summed E-state index contributed by atoms with van der Waals surface area (Å²) in [4.78, 5) is 12.0. The summed E-state index contributed by atoms with van der Waals surface area (Å²) in [5.74, 6) is -0.379. The molecule has 0 aliphatic carbocycles. The van der Waals surface area contributed by atoms with Gasteiger partial charge in [0.05, 0.1) is 11.6 Å². The second kappa shape index (κ2) is 7.86. The third kappa shape index (κ3) is 5.01. The fraction of sp³-hybridized carbons (Fsp3) is 0.278. The number of carbonyl (C=O) groups is 1. The molecule has 2 aromatic rings. The third-order valence-corrected chi connectivity index (χ3v) is 3.48. The first-order chi connectivity index (χ1) is 11.4. The number of nitrogens with one attached hydrogen (secondary N) is 1. The van der Waals surface area contributed by atoms with Gasteiger partial charge < -0.3 is 10.1 Å². The number of hydrogen-bond acceptors (Lipinski definition) is 2. The molecule has 1 atom stereocenters. The number of rotatable bonds is 6. The van der Waals surface area contributed by atoms with E-state index in [2.05, 4.69) is 5.32 Å². The zero-order valence-corrected chi connectivity index (χ0v) is 13.1. The Labute approximate surface area is 138 Å². The molecule has 0 radical (unpaired) electrons. The molecule has 0 aromatic heterocycles. The molecule has 0 bridgehead atoms. The second-order valence-electron chi connectivity index (χ2n) is 5.25. The molecule has 0 spiro atoms. The molecular formula is C18H18F3NO2. The molecule has 6 heteroatoms. The number of ether oxygens (including phenoxy) is 1. The van der Waals surface area contributed by atoms with E-state index in [1.54, 1.807) is 0 Å². The highest BCUT2D eigenvalue weighted by Crippen LogP contribution is 2.31. The first-order valence-electron chi connectivity index (χ1n) is 7.54. The number of amides is 1. The van der Waals surface area contributed by atoms with Gasteiger partial charge in [-0.2, -0.15) is 13.2 Å². The predicted octanol–water partition coefficient (Wildman–Crippen LogP) is 4.35. The average molecular weight is 337 g/mol. The summed E-state index contributed by atoms with van der Waals surface area (Å²) < 4.78 is 43.1. The van der Waals surface area contributed by atoms with Gasteiger partial charge in [0, 0.05) is 0 Å². The molecule has 0 fully saturated rings. The van der Waals surface area contributed by atoms with Gasteiger partial charge in [-0.1, -0.05) is 43.3 Å². The molecule has 1 amide bonds. The minimum atomic E-state index is -4.44. The minimum Gasteiger partial charge on any atom is -0.484 e. The van der Waals surface area contributed by atoms with E-state index in [9.17, 15) is 18.0 Å². The molecule has 128 valence electrons. The Hall–Kier alpha value is -2.50. The van der Waals surface area contributed by atoms with Crippen LogP contribution in [0.5, 0.6) is 5.75 Å². The Morgan fingerprint density at radius 3 is 2.46 bits per heavy atom. The van der Waals surface area contributed by atoms with Crippen molar-refractivity contribution in [2.45, 2.75) is 25.6 Å². The van der Waals surface area contributed by atoms with Gasteiger partial charge in [-0.15, -0.1) is 0 Å². The van der Waals surface area contributed by atoms with Crippen LogP contribution in [0.3, 0.4) is 0 Å². The van der Waals surface area contributed by atoms with E-state index in [0.717, 1.165) is 17.7 Å². The van der Waals surface area contributed by atoms with Gasteiger partial charge in [0.2, 0.25) is 0 Å². The lowest BCUT2D eigenvalue weighted by atomic mass is 10.0. The first-order valence-corrected chi connectivity index (χ1v) is 7.54. The van der Waals surface area contributed by atoms with Crippen molar-refractivity contribution in [3.63, 3.8) is 0 Å². The smallest absolute Gasteiger partial charge is 0.416 e. The summed E-state index contributed by atoms with van der Waals surface area (Å²) in [7, 11) is 0. The monoisotopic (exact) mass is 337 g/mol. The predicted molar refractivity (Wildman–Crippen MR) is 84.6 cm³/mol. The maximum Gasteiger partial charge on any atom is 0.416 e. The Kier molecular flexibility index (Phi) is 5.84. The van der Waals surface area contributed by atoms with Crippen LogP contribution in [0.2, 0.25) is 0 Å². The largest absolute Gasteiger partial charge is 0.484 e. The summed E-state index contributed by atoms with van der Waals surface area (Å²) >= 11 is 0. The van der Waals surface area contributed by atoms with Crippen LogP contribution < -0.4 is 10.1 Å². The minimum absolute atomic E-state index is 0.00716. The van der Waals surface area contributed by atoms with E-state index in [1.165, 1.54) is 12.1 Å². The molecule has 0 aliphatic rings. The van der Waals surface area contributed by atoms with E-state index >= 15 is 0 Å². The van der Waals surface area contributed by atoms with Crippen LogP contribution in [0.15, 0.2) is 54.6 Å². The van der Waals surface area contributed by atoms with Crippen molar-refractivity contribution >= 4 is 5.91 Å². The quantitative estimate of drug-likeness (QED) is 0.851. The Balaban J connectivity index is 1.93. The van der Waals surface area contributed by atoms with Gasteiger partial charge in [-0.05, 0) is 30.2 Å². The number of hydrogen-bond donors (Lipinski definition) is 1. The van der Waals surface area contributed by atoms with E-state index in [0.29, 0.717) is 6.42 Å². The lowest BCUT2D eigenvalue weighted by Gasteiger charge is -2.17. The number of benzene rings is 2. The molecule has 1 N–H and O–H groups in total. The van der Waals surface area contributed by atoms with E-state index < -0.39 is 11.7 Å². The highest BCUT2D eigenvalue weighted by Gasteiger charge is 2.30. The van der Waals surface area contributed by atoms with Crippen LogP contribution in [0.25, 0.3) is 0 Å². The van der Waals surface area contributed by atoms with Gasteiger partial charge >= 0.3 is 6.18 Å². The molecule has 3 nitrogen and oxygen atoms in total. The van der Waals surface area contributed by atoms with Crippen molar-refractivity contribution < 1.29 is 22.7 Å². The lowest BCUT2D eigenvalue weighted by molar-refractivity contribution is -0.137. The van der Waals surface area contributed by atoms with Crippen LogP contribution in [-0.2, 0) is 11.0 Å². The Morgan fingerprint density at radius 2 is 1.83 bits per heavy atom. The van der Waals surface area contributed by atoms with Crippen molar-refractivity contribution in [2.75, 3.05) is 6.61 Å². The Bertz CT molecular complexity index is 671. The maximum absolute atomic E-state index is 12.6. The van der Waals surface area contributed by atoms with E-state index in [1.807, 2.05) is 37.3 Å². The van der Waals surface area contributed by atoms with Crippen LogP contribution in [0, 0.1) is 0 Å². The number of alkyl halides is 3. The molecule has 0 unspecified atom stereocenters. The SMILES string of the molecule is CC[C@@H](NC(=O)COc1cccc(C(F)(F)F)c1)c1ccccc1. The molecule has 0 saturated carbocycles. The standard InChI is InChI=1S/C18H18F3NO2/c1-2-16(13-7-4-3-5-8-13)22-17(23)12-24-15-10-6-9-14(11-15)18(19,20)21/h3-11,16H,2,12H2,1H3,(H,22,23)/t16-/m1/s1. The molecule has 0 aliphatic heterocycles. The summed E-state index contributed by atoms with van der Waals surface area (Å²) in [6.45, 7) is 1.59. The van der Waals surface area contributed by atoms with E-state index in [4.69, 9.17) is 4.74 Å². The summed E-state index contributed by atoms with van der Waals surface area (Å²) in [6, 6.07) is 13.7. The fourth-order valence-corrected chi connectivity index (χ4v) is 2.25. The van der Waals surface area contributed by atoms with Gasteiger partial charge in [0.1, 0.15) is 5.75 Å². The Morgan fingerprint density at radius 1 is 1.12 bits per heavy atom. The van der Waals surface area contributed by atoms with Gasteiger partial charge in [-0.3, -0.25) is 4.79 Å². The van der Waals surface area contributed by atoms with Gasteiger partial charge in [-0.25, -0.2) is 0 Å². The molecule has 2 aromatic carbocycles. The lowest BCUT2D eigenvalue weighted by Crippen LogP contribution is -2.32. The van der Waals surface area contributed by atoms with Crippen molar-refractivity contribution in [3.05, 3.63) is 65.7 Å². The van der Waals surface area contributed by atoms with Gasteiger partial charge in [0.15, 0.2) is 6.61 Å². The zero-order valence-electron chi connectivity index (χ0n) is 13.1. The van der Waals surface area contributed by atoms with Crippen molar-refractivity contribution in [3.8, 4) is 5.75 Å². The fourth-order valence-electron chi connectivity index (χ4n) is 2.25. The molecular weight excluding hydrogens is 319 g/mol. The number of carbonyl (C=O) groups excluding carboxylic acids is 1. The van der Waals surface area contributed by atoms with Crippen molar-refractivity contribution in [1.82, 2.24) is 5.32 Å². The zero-order chi connectivity index (χ0) is 17.6. The second-order valence-corrected chi connectivity index (χ2v) is 5.25. The normalized spacial score (nSPS) is 12.5. The molecule has 24 heavy (non-hydrogen) atoms. The van der Waals surface area contributed by atoms with Gasteiger partial charge in [0.25, 0.3) is 5.91 Å². The topological polar surface area (TPSA) is 38.3 Å². The average Bonchev–Trinajstić information content (AvgIpc) is 2.58. The van der Waals surface area contributed by atoms with Crippen molar-refractivity contribution in [2.24, 2.45) is 0 Å². The number of halogens is 3. The summed E-state index contributed by atoms with van der Waals surface area (Å²) in [5, 5.41) is 2.81. The maximum atomic E-state index is 12.6. The van der Waals surface area contributed by atoms with Crippen LogP contribution in [0.1, 0.15) is 30.5 Å². The first kappa shape index (κ1) is 17.8. The summed E-state index contributed by atoms with van der Waals surface area (Å²) in [6.07, 6.45) is -3.75. The van der Waals surface area contributed by atoms with E-state index in [-0.39, 0.29) is 24.3 Å². The molecule has 0 heterocycles. The highest BCUT2D eigenvalue weighted by atomic mass is 19.4. The third-order valence-electron chi connectivity index (χ3n) is 3.48. The highest BCUT2D eigenvalue weighted by molar-refractivity contribution is 5.78. The van der Waals surface area contributed by atoms with Crippen LogP contribution in [-0.4, -0.2) is 12.5 Å². The molecule has 2 rings (SSSR count).